The highest BCUT2D eigenvalue weighted by Crippen LogP contribution is 2.39. The summed E-state index contributed by atoms with van der Waals surface area (Å²) in [7, 11) is 1.94. The van der Waals surface area contributed by atoms with Crippen LogP contribution in [0.25, 0.3) is 0 Å². The Balaban J connectivity index is 1.42. The molecule has 154 valence electrons. The summed E-state index contributed by atoms with van der Waals surface area (Å²) in [5, 5.41) is 0.394. The normalized spacial score (nSPS) is 24.6. The van der Waals surface area contributed by atoms with E-state index in [0.29, 0.717) is 36.6 Å². The summed E-state index contributed by atoms with van der Waals surface area (Å²) >= 11 is 5.96. The van der Waals surface area contributed by atoms with E-state index in [2.05, 4.69) is 14.9 Å². The lowest BCUT2D eigenvalue weighted by Gasteiger charge is -2.41. The van der Waals surface area contributed by atoms with Gasteiger partial charge in [-0.25, -0.2) is 14.4 Å². The quantitative estimate of drug-likeness (QED) is 0.546. The summed E-state index contributed by atoms with van der Waals surface area (Å²) in [6, 6.07) is 8.52. The zero-order valence-electron chi connectivity index (χ0n) is 16.3. The molecular formula is C21H24ClFN4O2. The molecule has 1 aromatic heterocycles. The molecule has 2 aliphatic heterocycles. The van der Waals surface area contributed by atoms with Crippen LogP contribution >= 0.6 is 11.6 Å². The smallest absolute Gasteiger partial charge is 0.152 e. The van der Waals surface area contributed by atoms with Crippen molar-refractivity contribution in [3.8, 4) is 0 Å². The van der Waals surface area contributed by atoms with Crippen LogP contribution in [0.4, 0.5) is 10.2 Å². The fourth-order valence-corrected chi connectivity index (χ4v) is 4.46. The van der Waals surface area contributed by atoms with Gasteiger partial charge in [0.15, 0.2) is 6.29 Å². The highest BCUT2D eigenvalue weighted by atomic mass is 35.5. The number of ether oxygens (including phenoxy) is 1. The van der Waals surface area contributed by atoms with Gasteiger partial charge in [-0.2, -0.15) is 0 Å². The molecule has 29 heavy (non-hydrogen) atoms. The van der Waals surface area contributed by atoms with E-state index in [1.54, 1.807) is 12.1 Å². The Kier molecular flexibility index (Phi) is 5.81. The number of rotatable bonds is 5. The molecule has 2 fully saturated rings. The molecule has 2 saturated heterocycles. The van der Waals surface area contributed by atoms with Crippen LogP contribution in [-0.2, 0) is 9.53 Å². The summed E-state index contributed by atoms with van der Waals surface area (Å²) in [5.41, 5.74) is -0.159. The number of benzene rings is 1. The molecule has 0 saturated carbocycles. The molecule has 2 aliphatic rings. The molecule has 2 unspecified atom stereocenters. The van der Waals surface area contributed by atoms with Crippen molar-refractivity contribution in [1.82, 2.24) is 14.9 Å². The molecule has 4 rings (SSSR count). The van der Waals surface area contributed by atoms with Crippen molar-refractivity contribution in [2.75, 3.05) is 25.0 Å². The van der Waals surface area contributed by atoms with Gasteiger partial charge >= 0.3 is 0 Å². The van der Waals surface area contributed by atoms with Crippen LogP contribution in [0.2, 0.25) is 5.15 Å². The van der Waals surface area contributed by atoms with Crippen LogP contribution in [0.3, 0.4) is 0 Å². The van der Waals surface area contributed by atoms with E-state index in [4.69, 9.17) is 16.3 Å². The predicted octanol–water partition coefficient (Wildman–Crippen LogP) is 3.62. The zero-order valence-corrected chi connectivity index (χ0v) is 17.1. The van der Waals surface area contributed by atoms with Crippen LogP contribution in [0.1, 0.15) is 37.3 Å². The molecule has 0 amide bonds. The van der Waals surface area contributed by atoms with E-state index >= 15 is 0 Å². The molecule has 1 aromatic carbocycles. The van der Waals surface area contributed by atoms with Crippen LogP contribution in [0.5, 0.6) is 0 Å². The number of halogens is 2. The Morgan fingerprint density at radius 2 is 2.00 bits per heavy atom. The molecule has 0 spiro atoms. The second-order valence-corrected chi connectivity index (χ2v) is 8.11. The minimum Gasteiger partial charge on any atom is -0.356 e. The molecule has 0 bridgehead atoms. The Bertz CT molecular complexity index is 875. The van der Waals surface area contributed by atoms with Gasteiger partial charge in [-0.05, 0) is 26.0 Å². The number of carbonyl (C=O) groups is 1. The molecule has 0 aliphatic carbocycles. The summed E-state index contributed by atoms with van der Waals surface area (Å²) in [6.45, 7) is 1.28. The number of nitrogens with zero attached hydrogens (tertiary/aromatic N) is 4. The summed E-state index contributed by atoms with van der Waals surface area (Å²) < 4.78 is 20.6. The van der Waals surface area contributed by atoms with Gasteiger partial charge in [0.1, 0.15) is 34.9 Å². The Labute approximate surface area is 174 Å². The van der Waals surface area contributed by atoms with Crippen molar-refractivity contribution in [3.05, 3.63) is 53.2 Å². The number of hydrogen-bond donors (Lipinski definition) is 0. The standard InChI is InChI=1S/C21H24ClFN4O2/c1-26-17(15-4-2-3-5-16(15)23)6-7-20(26)29-21(13-28)8-10-27(11-9-21)19-12-18(22)24-14-25-19/h2-5,12-14,17,20H,6-11H2,1H3. The van der Waals surface area contributed by atoms with Gasteiger partial charge in [0.05, 0.1) is 0 Å². The fourth-order valence-electron chi connectivity index (χ4n) is 4.32. The van der Waals surface area contributed by atoms with Crippen LogP contribution < -0.4 is 4.90 Å². The maximum atomic E-state index is 14.2. The van der Waals surface area contributed by atoms with Gasteiger partial charge in [-0.3, -0.25) is 4.90 Å². The lowest BCUT2D eigenvalue weighted by atomic mass is 9.92. The average Bonchev–Trinajstić information content (AvgIpc) is 3.09. The van der Waals surface area contributed by atoms with E-state index in [0.717, 1.165) is 24.9 Å². The number of likely N-dealkylation sites (tertiary alicyclic amines) is 1. The average molecular weight is 419 g/mol. The van der Waals surface area contributed by atoms with Crippen molar-refractivity contribution >= 4 is 23.7 Å². The van der Waals surface area contributed by atoms with Crippen molar-refractivity contribution in [1.29, 1.82) is 0 Å². The number of hydrogen-bond acceptors (Lipinski definition) is 6. The number of aldehydes is 1. The van der Waals surface area contributed by atoms with E-state index < -0.39 is 5.60 Å². The van der Waals surface area contributed by atoms with Gasteiger partial charge in [-0.15, -0.1) is 0 Å². The van der Waals surface area contributed by atoms with Crippen molar-refractivity contribution in [3.63, 3.8) is 0 Å². The number of carbonyl (C=O) groups excluding carboxylic acids is 1. The summed E-state index contributed by atoms with van der Waals surface area (Å²) in [5.74, 6) is 0.550. The molecule has 2 atom stereocenters. The minimum atomic E-state index is -0.837. The first kappa shape index (κ1) is 20.2. The van der Waals surface area contributed by atoms with Gasteiger partial charge < -0.3 is 14.4 Å². The Morgan fingerprint density at radius 1 is 1.24 bits per heavy atom. The van der Waals surface area contributed by atoms with E-state index in [1.165, 1.54) is 12.4 Å². The lowest BCUT2D eigenvalue weighted by molar-refractivity contribution is -0.162. The maximum Gasteiger partial charge on any atom is 0.152 e. The third-order valence-corrected chi connectivity index (χ3v) is 6.24. The maximum absolute atomic E-state index is 14.2. The highest BCUT2D eigenvalue weighted by Gasteiger charge is 2.42. The molecular weight excluding hydrogens is 395 g/mol. The van der Waals surface area contributed by atoms with Crippen molar-refractivity contribution in [2.24, 2.45) is 0 Å². The molecule has 0 radical (unpaired) electrons. The number of anilines is 1. The molecule has 3 heterocycles. The van der Waals surface area contributed by atoms with Crippen molar-refractivity contribution < 1.29 is 13.9 Å². The van der Waals surface area contributed by atoms with Gasteiger partial charge in [0.25, 0.3) is 0 Å². The molecule has 6 nitrogen and oxygen atoms in total. The van der Waals surface area contributed by atoms with Crippen molar-refractivity contribution in [2.45, 2.75) is 43.6 Å². The summed E-state index contributed by atoms with van der Waals surface area (Å²) in [4.78, 5) is 24.3. The zero-order chi connectivity index (χ0) is 20.4. The van der Waals surface area contributed by atoms with Gasteiger partial charge in [0, 0.05) is 43.6 Å². The Morgan fingerprint density at radius 3 is 2.69 bits per heavy atom. The fraction of sp³-hybridized carbons (Fsp3) is 0.476. The topological polar surface area (TPSA) is 58.6 Å². The minimum absolute atomic E-state index is 0.0480. The predicted molar refractivity (Wildman–Crippen MR) is 108 cm³/mol. The first-order valence-corrected chi connectivity index (χ1v) is 10.2. The van der Waals surface area contributed by atoms with Crippen LogP contribution in [0, 0.1) is 5.82 Å². The second-order valence-electron chi connectivity index (χ2n) is 7.72. The SMILES string of the molecule is CN1C(OC2(C=O)CCN(c3cc(Cl)ncn3)CC2)CCC1c1ccccc1F. The second kappa shape index (κ2) is 8.34. The third kappa shape index (κ3) is 4.13. The molecule has 0 N–H and O–H groups in total. The first-order chi connectivity index (χ1) is 14.0. The number of piperidine rings is 1. The van der Waals surface area contributed by atoms with Crippen LogP contribution in [-0.4, -0.2) is 53.1 Å². The molecule has 8 heteroatoms. The van der Waals surface area contributed by atoms with E-state index in [1.807, 2.05) is 24.1 Å². The van der Waals surface area contributed by atoms with E-state index in [-0.39, 0.29) is 18.1 Å². The first-order valence-electron chi connectivity index (χ1n) is 9.84. The van der Waals surface area contributed by atoms with Gasteiger partial charge in [-0.1, -0.05) is 29.8 Å². The highest BCUT2D eigenvalue weighted by molar-refractivity contribution is 6.29. The monoisotopic (exact) mass is 418 g/mol. The largest absolute Gasteiger partial charge is 0.356 e. The van der Waals surface area contributed by atoms with Crippen LogP contribution in [0.15, 0.2) is 36.7 Å². The van der Waals surface area contributed by atoms with E-state index in [9.17, 15) is 9.18 Å². The molecule has 2 aromatic rings. The Hall–Kier alpha value is -2.09. The summed E-state index contributed by atoms with van der Waals surface area (Å²) in [6.07, 6.45) is 4.83. The third-order valence-electron chi connectivity index (χ3n) is 6.04. The van der Waals surface area contributed by atoms with Gasteiger partial charge in [0.2, 0.25) is 0 Å². The lowest BCUT2D eigenvalue weighted by Crippen LogP contribution is -2.50. The number of aromatic nitrogens is 2.